The van der Waals surface area contributed by atoms with Crippen LogP contribution in [-0.2, 0) is 26.2 Å². The number of halogens is 4. The highest BCUT2D eigenvalue weighted by molar-refractivity contribution is 7.92. The van der Waals surface area contributed by atoms with Crippen LogP contribution < -0.4 is 9.62 Å². The second-order valence-corrected chi connectivity index (χ2v) is 12.5. The molecule has 3 aromatic carbocycles. The number of nitrogens with zero attached hydrogens (tertiary/aromatic N) is 2. The molecule has 12 heteroatoms. The Kier molecular flexibility index (Phi) is 11.1. The molecule has 0 saturated heterocycles. The molecule has 1 unspecified atom stereocenters. The predicted octanol–water partition coefficient (Wildman–Crippen LogP) is 6.75. The zero-order valence-corrected chi connectivity index (χ0v) is 26.0. The largest absolute Gasteiger partial charge is 0.355 e. The molecular formula is C28H29Cl4N3O4S. The van der Waals surface area contributed by atoms with E-state index in [0.29, 0.717) is 22.2 Å². The van der Waals surface area contributed by atoms with E-state index < -0.39 is 28.5 Å². The fourth-order valence-electron chi connectivity index (χ4n) is 4.11. The van der Waals surface area contributed by atoms with Crippen LogP contribution in [0.2, 0.25) is 20.1 Å². The number of anilines is 1. The van der Waals surface area contributed by atoms with E-state index in [-0.39, 0.29) is 39.5 Å². The molecule has 0 aliphatic heterocycles. The zero-order chi connectivity index (χ0) is 29.6. The van der Waals surface area contributed by atoms with E-state index >= 15 is 0 Å². The molecule has 7 nitrogen and oxygen atoms in total. The standard InChI is InChI=1S/C28H29Cl4N3O4S/c1-4-26(28(37)33-5-2)34(16-23-24(31)7-6-8-25(23)32)27(36)17-35(21-14-19(29)13-20(30)15-21)40(38,39)22-11-9-18(3)10-12-22/h6-15,26H,4-5,16-17H2,1-3H3,(H,33,37). The van der Waals surface area contributed by atoms with Gasteiger partial charge in [0.05, 0.1) is 10.6 Å². The summed E-state index contributed by atoms with van der Waals surface area (Å²) in [5, 5.41) is 3.73. The fraction of sp³-hybridized carbons (Fsp3) is 0.286. The lowest BCUT2D eigenvalue weighted by atomic mass is 10.1. The second-order valence-electron chi connectivity index (χ2n) is 8.99. The third-order valence-electron chi connectivity index (χ3n) is 6.15. The van der Waals surface area contributed by atoms with Gasteiger partial charge in [0.25, 0.3) is 10.0 Å². The number of sulfonamides is 1. The average Bonchev–Trinajstić information content (AvgIpc) is 2.88. The number of amides is 2. The first-order valence-corrected chi connectivity index (χ1v) is 15.4. The van der Waals surface area contributed by atoms with Crippen LogP contribution >= 0.6 is 46.4 Å². The number of nitrogens with one attached hydrogen (secondary N) is 1. The lowest BCUT2D eigenvalue weighted by Gasteiger charge is -2.33. The van der Waals surface area contributed by atoms with Crippen molar-refractivity contribution in [3.63, 3.8) is 0 Å². The number of hydrogen-bond donors (Lipinski definition) is 1. The molecule has 0 radical (unpaired) electrons. The summed E-state index contributed by atoms with van der Waals surface area (Å²) < 4.78 is 28.8. The highest BCUT2D eigenvalue weighted by Gasteiger charge is 2.34. The van der Waals surface area contributed by atoms with Gasteiger partial charge < -0.3 is 10.2 Å². The van der Waals surface area contributed by atoms with Gasteiger partial charge in [-0.1, -0.05) is 77.1 Å². The highest BCUT2D eigenvalue weighted by Crippen LogP contribution is 2.31. The Morgan fingerprint density at radius 2 is 1.48 bits per heavy atom. The maximum absolute atomic E-state index is 14.1. The van der Waals surface area contributed by atoms with Crippen molar-refractivity contribution in [1.29, 1.82) is 0 Å². The first kappa shape index (κ1) is 32.0. The molecule has 0 aliphatic rings. The first-order valence-electron chi connectivity index (χ1n) is 12.4. The molecule has 3 aromatic rings. The van der Waals surface area contributed by atoms with Crippen molar-refractivity contribution in [3.8, 4) is 0 Å². The van der Waals surface area contributed by atoms with Crippen molar-refractivity contribution in [2.45, 2.75) is 44.7 Å². The highest BCUT2D eigenvalue weighted by atomic mass is 35.5. The summed E-state index contributed by atoms with van der Waals surface area (Å²) in [7, 11) is -4.27. The van der Waals surface area contributed by atoms with Crippen molar-refractivity contribution in [2.75, 3.05) is 17.4 Å². The Balaban J connectivity index is 2.13. The van der Waals surface area contributed by atoms with E-state index in [9.17, 15) is 18.0 Å². The minimum Gasteiger partial charge on any atom is -0.355 e. The van der Waals surface area contributed by atoms with Gasteiger partial charge in [0, 0.05) is 38.7 Å². The number of benzene rings is 3. The van der Waals surface area contributed by atoms with Crippen LogP contribution in [0, 0.1) is 6.92 Å². The number of carbonyl (C=O) groups excluding carboxylic acids is 2. The maximum atomic E-state index is 14.1. The minimum atomic E-state index is -4.27. The summed E-state index contributed by atoms with van der Waals surface area (Å²) in [5.74, 6) is -1.04. The molecular weight excluding hydrogens is 616 g/mol. The van der Waals surface area contributed by atoms with Crippen LogP contribution in [0.1, 0.15) is 31.4 Å². The third kappa shape index (κ3) is 7.62. The van der Waals surface area contributed by atoms with Gasteiger partial charge in [-0.15, -0.1) is 0 Å². The van der Waals surface area contributed by atoms with Crippen molar-refractivity contribution < 1.29 is 18.0 Å². The van der Waals surface area contributed by atoms with Crippen molar-refractivity contribution in [3.05, 3.63) is 91.9 Å². The van der Waals surface area contributed by atoms with Gasteiger partial charge in [-0.05, 0) is 62.7 Å². The van der Waals surface area contributed by atoms with Crippen LogP contribution in [0.3, 0.4) is 0 Å². The molecule has 0 heterocycles. The topological polar surface area (TPSA) is 86.8 Å². The van der Waals surface area contributed by atoms with Gasteiger partial charge >= 0.3 is 0 Å². The van der Waals surface area contributed by atoms with Crippen LogP contribution in [0.25, 0.3) is 0 Å². The molecule has 2 amide bonds. The quantitative estimate of drug-likeness (QED) is 0.250. The Hall–Kier alpha value is -2.49. The summed E-state index contributed by atoms with van der Waals surface area (Å²) in [6.45, 7) is 4.93. The zero-order valence-electron chi connectivity index (χ0n) is 22.1. The van der Waals surface area contributed by atoms with Gasteiger partial charge in [-0.3, -0.25) is 13.9 Å². The summed E-state index contributed by atoms with van der Waals surface area (Å²) in [4.78, 5) is 28.4. The molecule has 214 valence electrons. The monoisotopic (exact) mass is 643 g/mol. The summed E-state index contributed by atoms with van der Waals surface area (Å²) >= 11 is 25.3. The van der Waals surface area contributed by atoms with Gasteiger partial charge in [-0.25, -0.2) is 8.42 Å². The van der Waals surface area contributed by atoms with Crippen molar-refractivity contribution in [2.24, 2.45) is 0 Å². The second kappa shape index (κ2) is 13.9. The Labute approximate surface area is 255 Å². The molecule has 0 fully saturated rings. The molecule has 0 spiro atoms. The Morgan fingerprint density at radius 1 is 0.900 bits per heavy atom. The molecule has 1 atom stereocenters. The number of likely N-dealkylation sites (N-methyl/N-ethyl adjacent to an activating group) is 1. The predicted molar refractivity (Wildman–Crippen MR) is 162 cm³/mol. The van der Waals surface area contributed by atoms with Crippen LogP contribution in [0.15, 0.2) is 65.6 Å². The van der Waals surface area contributed by atoms with Gasteiger partial charge in [-0.2, -0.15) is 0 Å². The molecule has 0 bridgehead atoms. The first-order chi connectivity index (χ1) is 18.9. The minimum absolute atomic E-state index is 0.0292. The molecule has 0 aromatic heterocycles. The third-order valence-corrected chi connectivity index (χ3v) is 9.08. The van der Waals surface area contributed by atoms with Crippen molar-refractivity contribution in [1.82, 2.24) is 10.2 Å². The smallest absolute Gasteiger partial charge is 0.264 e. The van der Waals surface area contributed by atoms with Gasteiger partial charge in [0.2, 0.25) is 11.8 Å². The van der Waals surface area contributed by atoms with Gasteiger partial charge in [0.1, 0.15) is 12.6 Å². The number of aryl methyl sites for hydroxylation is 1. The van der Waals surface area contributed by atoms with E-state index in [1.807, 2.05) is 6.92 Å². The van der Waals surface area contributed by atoms with E-state index in [0.717, 1.165) is 9.87 Å². The lowest BCUT2D eigenvalue weighted by Crippen LogP contribution is -2.52. The molecule has 40 heavy (non-hydrogen) atoms. The Morgan fingerprint density at radius 3 is 2.00 bits per heavy atom. The SMILES string of the molecule is CCNC(=O)C(CC)N(Cc1c(Cl)cccc1Cl)C(=O)CN(c1cc(Cl)cc(Cl)c1)S(=O)(=O)c1ccc(C)cc1. The molecule has 0 aliphatic carbocycles. The van der Waals surface area contributed by atoms with E-state index in [1.54, 1.807) is 44.2 Å². The van der Waals surface area contributed by atoms with E-state index in [2.05, 4.69) is 5.32 Å². The van der Waals surface area contributed by atoms with E-state index in [1.165, 1.54) is 35.2 Å². The number of hydrogen-bond acceptors (Lipinski definition) is 4. The average molecular weight is 645 g/mol. The Bertz CT molecular complexity index is 1440. The lowest BCUT2D eigenvalue weighted by molar-refractivity contribution is -0.140. The van der Waals surface area contributed by atoms with Crippen LogP contribution in [0.5, 0.6) is 0 Å². The molecule has 1 N–H and O–H groups in total. The summed E-state index contributed by atoms with van der Waals surface area (Å²) in [5.41, 5.74) is 1.39. The fourth-order valence-corrected chi connectivity index (χ4v) is 6.54. The molecule has 0 saturated carbocycles. The van der Waals surface area contributed by atoms with Crippen LogP contribution in [-0.4, -0.2) is 44.3 Å². The normalized spacial score (nSPS) is 12.1. The molecule has 3 rings (SSSR count). The van der Waals surface area contributed by atoms with Gasteiger partial charge in [0.15, 0.2) is 0 Å². The number of carbonyl (C=O) groups is 2. The maximum Gasteiger partial charge on any atom is 0.264 e. The summed E-state index contributed by atoms with van der Waals surface area (Å²) in [6, 6.07) is 14.5. The number of rotatable bonds is 11. The van der Waals surface area contributed by atoms with Crippen molar-refractivity contribution >= 4 is 73.9 Å². The van der Waals surface area contributed by atoms with E-state index in [4.69, 9.17) is 46.4 Å². The van der Waals surface area contributed by atoms with Crippen LogP contribution in [0.4, 0.5) is 5.69 Å². The summed E-state index contributed by atoms with van der Waals surface area (Å²) in [6.07, 6.45) is 0.257.